The van der Waals surface area contributed by atoms with Crippen molar-refractivity contribution < 1.29 is 36.1 Å². The summed E-state index contributed by atoms with van der Waals surface area (Å²) >= 11 is 0. The van der Waals surface area contributed by atoms with E-state index in [9.17, 15) is 41.3 Å². The van der Waals surface area contributed by atoms with Crippen LogP contribution in [0.15, 0.2) is 42.5 Å². The zero-order valence-electron chi connectivity index (χ0n) is 22.3. The number of nitro groups is 1. The van der Waals surface area contributed by atoms with E-state index in [1.165, 1.54) is 18.2 Å². The molecule has 0 unspecified atom stereocenters. The first-order valence-corrected chi connectivity index (χ1v) is 13.4. The number of hydrogen-bond acceptors (Lipinski definition) is 6. The highest BCUT2D eigenvalue weighted by molar-refractivity contribution is 5.76. The van der Waals surface area contributed by atoms with Crippen LogP contribution in [0.3, 0.4) is 0 Å². The van der Waals surface area contributed by atoms with Gasteiger partial charge in [-0.05, 0) is 55.8 Å². The van der Waals surface area contributed by atoms with Crippen LogP contribution < -0.4 is 9.80 Å². The second-order valence-corrected chi connectivity index (χ2v) is 10.2. The minimum Gasteiger partial charge on any atom is -0.370 e. The van der Waals surface area contributed by atoms with Gasteiger partial charge in [0.1, 0.15) is 5.56 Å². The molecule has 2 fully saturated rings. The van der Waals surface area contributed by atoms with E-state index in [1.54, 1.807) is 9.80 Å². The molecule has 1 amide bonds. The van der Waals surface area contributed by atoms with E-state index in [0.717, 1.165) is 43.0 Å². The van der Waals surface area contributed by atoms with Crippen LogP contribution in [0.1, 0.15) is 30.4 Å². The average Bonchev–Trinajstić information content (AvgIpc) is 3.19. The van der Waals surface area contributed by atoms with Crippen molar-refractivity contribution in [2.24, 2.45) is 0 Å². The van der Waals surface area contributed by atoms with Crippen LogP contribution in [-0.4, -0.2) is 79.5 Å². The molecule has 0 bridgehead atoms. The van der Waals surface area contributed by atoms with E-state index in [4.69, 9.17) is 0 Å². The second-order valence-electron chi connectivity index (χ2n) is 10.2. The zero-order chi connectivity index (χ0) is 29.8. The normalized spacial score (nSPS) is 17.5. The second kappa shape index (κ2) is 12.5. The van der Waals surface area contributed by atoms with Gasteiger partial charge in [-0.25, -0.2) is 0 Å². The van der Waals surface area contributed by atoms with Crippen molar-refractivity contribution >= 4 is 23.0 Å². The molecular weight excluding hydrogens is 556 g/mol. The molecule has 2 aliphatic rings. The maximum Gasteiger partial charge on any atom is 0.423 e. The summed E-state index contributed by atoms with van der Waals surface area (Å²) in [6, 6.07) is 8.11. The number of halogens is 6. The van der Waals surface area contributed by atoms with Crippen LogP contribution in [0.5, 0.6) is 0 Å². The monoisotopic (exact) mass is 587 g/mol. The first-order valence-electron chi connectivity index (χ1n) is 13.4. The zero-order valence-corrected chi connectivity index (χ0v) is 22.3. The maximum absolute atomic E-state index is 13.4. The molecule has 0 spiro atoms. The number of piperazine rings is 1. The lowest BCUT2D eigenvalue weighted by atomic mass is 10.1. The molecule has 0 radical (unpaired) electrons. The fraction of sp³-hybridized carbons (Fsp3) is 0.519. The van der Waals surface area contributed by atoms with E-state index >= 15 is 0 Å². The van der Waals surface area contributed by atoms with Gasteiger partial charge in [-0.3, -0.25) is 19.8 Å². The predicted molar refractivity (Wildman–Crippen MR) is 141 cm³/mol. The van der Waals surface area contributed by atoms with Gasteiger partial charge in [0.2, 0.25) is 5.91 Å². The summed E-state index contributed by atoms with van der Waals surface area (Å²) in [6.07, 6.45) is -7.71. The minimum absolute atomic E-state index is 0.0325. The van der Waals surface area contributed by atoms with Gasteiger partial charge in [-0.2, -0.15) is 26.3 Å². The van der Waals surface area contributed by atoms with Crippen molar-refractivity contribution in [1.82, 2.24) is 9.80 Å². The van der Waals surface area contributed by atoms with Crippen LogP contribution in [0, 0.1) is 10.1 Å². The van der Waals surface area contributed by atoms with Crippen LogP contribution in [0.2, 0.25) is 0 Å². The molecule has 2 saturated heterocycles. The Morgan fingerprint density at radius 2 is 1.39 bits per heavy atom. The number of anilines is 2. The topological polar surface area (TPSA) is 73.2 Å². The third-order valence-electron chi connectivity index (χ3n) is 7.49. The molecule has 2 aromatic carbocycles. The highest BCUT2D eigenvalue weighted by atomic mass is 19.4. The van der Waals surface area contributed by atoms with E-state index < -0.39 is 34.1 Å². The van der Waals surface area contributed by atoms with Crippen molar-refractivity contribution in [3.63, 3.8) is 0 Å². The largest absolute Gasteiger partial charge is 0.423 e. The van der Waals surface area contributed by atoms with Crippen molar-refractivity contribution in [2.45, 2.75) is 31.6 Å². The molecule has 4 rings (SSSR count). The number of benzene rings is 2. The van der Waals surface area contributed by atoms with E-state index in [-0.39, 0.29) is 11.6 Å². The number of rotatable bonds is 7. The van der Waals surface area contributed by atoms with Crippen LogP contribution >= 0.6 is 0 Å². The number of alkyl halides is 6. The molecule has 2 aliphatic heterocycles. The Balaban J connectivity index is 1.22. The van der Waals surface area contributed by atoms with Gasteiger partial charge in [0.05, 0.1) is 10.5 Å². The van der Waals surface area contributed by atoms with E-state index in [1.807, 2.05) is 4.90 Å². The Bertz CT molecular complexity index is 1210. The number of carbonyl (C=O) groups is 1. The summed E-state index contributed by atoms with van der Waals surface area (Å²) in [6.45, 7) is 5.03. The molecule has 0 aliphatic carbocycles. The van der Waals surface area contributed by atoms with E-state index in [0.29, 0.717) is 65.1 Å². The third-order valence-corrected chi connectivity index (χ3v) is 7.49. The minimum atomic E-state index is -4.86. The number of nitro benzene ring substituents is 1. The number of hydrogen-bond donors (Lipinski definition) is 0. The Morgan fingerprint density at radius 1 is 0.780 bits per heavy atom. The fourth-order valence-corrected chi connectivity index (χ4v) is 5.23. The van der Waals surface area contributed by atoms with Gasteiger partial charge < -0.3 is 14.7 Å². The molecule has 41 heavy (non-hydrogen) atoms. The van der Waals surface area contributed by atoms with Gasteiger partial charge in [0.25, 0.3) is 5.69 Å². The third kappa shape index (κ3) is 7.80. The van der Waals surface area contributed by atoms with Crippen molar-refractivity contribution in [3.05, 3.63) is 63.7 Å². The smallest absolute Gasteiger partial charge is 0.370 e. The first-order chi connectivity index (χ1) is 19.3. The molecule has 2 aromatic rings. The van der Waals surface area contributed by atoms with Crippen molar-refractivity contribution in [2.75, 3.05) is 68.7 Å². The molecular formula is C27H31F6N5O3. The SMILES string of the molecule is O=C(CCCN1CCN(c2ccc(C(F)(F)F)cc2)CC1)N1CCCN(c2ccc([N+](=O)[O-])c(C(F)(F)F)c2)CC1. The summed E-state index contributed by atoms with van der Waals surface area (Å²) in [7, 11) is 0. The quantitative estimate of drug-likeness (QED) is 0.250. The lowest BCUT2D eigenvalue weighted by Crippen LogP contribution is -2.46. The average molecular weight is 588 g/mol. The first kappa shape index (κ1) is 30.4. The molecule has 0 saturated carbocycles. The molecule has 2 heterocycles. The van der Waals surface area contributed by atoms with Crippen molar-refractivity contribution in [3.8, 4) is 0 Å². The van der Waals surface area contributed by atoms with Gasteiger partial charge in [-0.1, -0.05) is 0 Å². The summed E-state index contributed by atoms with van der Waals surface area (Å²) < 4.78 is 78.5. The summed E-state index contributed by atoms with van der Waals surface area (Å²) in [5.41, 5.74) is -1.99. The Labute approximate surface area is 233 Å². The van der Waals surface area contributed by atoms with Crippen molar-refractivity contribution in [1.29, 1.82) is 0 Å². The Hall–Kier alpha value is -3.55. The summed E-state index contributed by atoms with van der Waals surface area (Å²) in [5.74, 6) is -0.0325. The highest BCUT2D eigenvalue weighted by Crippen LogP contribution is 2.38. The predicted octanol–water partition coefficient (Wildman–Crippen LogP) is 5.27. The molecule has 14 heteroatoms. The van der Waals surface area contributed by atoms with E-state index in [2.05, 4.69) is 4.90 Å². The van der Waals surface area contributed by atoms with Gasteiger partial charge in [0.15, 0.2) is 0 Å². The van der Waals surface area contributed by atoms with Gasteiger partial charge in [-0.15, -0.1) is 0 Å². The van der Waals surface area contributed by atoms with Gasteiger partial charge in [0, 0.05) is 76.2 Å². The van der Waals surface area contributed by atoms with Gasteiger partial charge >= 0.3 is 12.4 Å². The number of carbonyl (C=O) groups excluding carboxylic acids is 1. The molecule has 224 valence electrons. The molecule has 0 aromatic heterocycles. The highest BCUT2D eigenvalue weighted by Gasteiger charge is 2.39. The Kier molecular flexibility index (Phi) is 9.30. The molecule has 0 atom stereocenters. The summed E-state index contributed by atoms with van der Waals surface area (Å²) in [5, 5.41) is 11.0. The molecule has 0 N–H and O–H groups in total. The fourth-order valence-electron chi connectivity index (χ4n) is 5.23. The van der Waals surface area contributed by atoms with Crippen LogP contribution in [0.4, 0.5) is 43.4 Å². The molecule has 8 nitrogen and oxygen atoms in total. The lowest BCUT2D eigenvalue weighted by molar-refractivity contribution is -0.388. The number of nitrogens with zero attached hydrogens (tertiary/aromatic N) is 5. The van der Waals surface area contributed by atoms with Crippen LogP contribution in [-0.2, 0) is 17.1 Å². The summed E-state index contributed by atoms with van der Waals surface area (Å²) in [4.78, 5) is 30.5. The number of amides is 1. The Morgan fingerprint density at radius 3 is 2.00 bits per heavy atom. The standard InChI is InChI=1S/C27H31F6N5O3/c28-26(29,30)20-4-6-21(7-5-20)36-15-13-34(14-16-36)10-1-3-25(39)37-12-2-11-35(17-18-37)22-8-9-24(38(40)41)23(19-22)27(31,32)33/h4-9,19H,1-3,10-18H2. The maximum atomic E-state index is 13.4. The lowest BCUT2D eigenvalue weighted by Gasteiger charge is -2.36. The van der Waals surface area contributed by atoms with Crippen LogP contribution in [0.25, 0.3) is 0 Å².